The van der Waals surface area contributed by atoms with E-state index >= 15 is 0 Å². The van der Waals surface area contributed by atoms with Crippen LogP contribution in [0.1, 0.15) is 13.3 Å². The van der Waals surface area contributed by atoms with Gasteiger partial charge in [-0.2, -0.15) is 11.8 Å². The van der Waals surface area contributed by atoms with Gasteiger partial charge < -0.3 is 9.64 Å². The Hall–Kier alpha value is -0.960. The average molecular weight is 409 g/mol. The third-order valence-electron chi connectivity index (χ3n) is 3.48. The number of carbonyl (C=O) groups is 1. The fraction of sp³-hybridized carbons (Fsp3) is 0.562. The first-order valence-corrected chi connectivity index (χ1v) is 11.3. The Balaban J connectivity index is 2.59. The largest absolute Gasteiger partial charge is 0.492 e. The molecule has 142 valence electrons. The molecule has 0 saturated carbocycles. The summed E-state index contributed by atoms with van der Waals surface area (Å²) in [5.74, 6) is 0.993. The minimum Gasteiger partial charge on any atom is -0.492 e. The quantitative estimate of drug-likeness (QED) is 0.607. The zero-order valence-corrected chi connectivity index (χ0v) is 17.1. The molecule has 0 radical (unpaired) electrons. The third kappa shape index (κ3) is 8.31. The van der Waals surface area contributed by atoms with E-state index in [0.717, 1.165) is 0 Å². The summed E-state index contributed by atoms with van der Waals surface area (Å²) in [6.45, 7) is 2.17. The molecule has 0 aliphatic carbocycles. The summed E-state index contributed by atoms with van der Waals surface area (Å²) < 4.78 is 31.7. The van der Waals surface area contributed by atoms with E-state index in [1.54, 1.807) is 50.0 Å². The number of hydrogen-bond donors (Lipinski definition) is 1. The number of nitrogens with zero attached hydrogens (tertiary/aromatic N) is 1. The van der Waals surface area contributed by atoms with Crippen LogP contribution in [0.2, 0.25) is 5.02 Å². The molecule has 0 aliphatic rings. The number of benzene rings is 1. The summed E-state index contributed by atoms with van der Waals surface area (Å²) in [5, 5.41) is 0.577. The van der Waals surface area contributed by atoms with Gasteiger partial charge in [-0.15, -0.1) is 0 Å². The summed E-state index contributed by atoms with van der Waals surface area (Å²) in [5.41, 5.74) is 0. The van der Waals surface area contributed by atoms with Gasteiger partial charge in [0, 0.05) is 12.1 Å². The second kappa shape index (κ2) is 10.9. The Labute approximate surface area is 159 Å². The molecule has 1 amide bonds. The van der Waals surface area contributed by atoms with Crippen molar-refractivity contribution in [3.8, 4) is 5.75 Å². The first kappa shape index (κ1) is 22.1. The van der Waals surface area contributed by atoms with Crippen LogP contribution in [0.5, 0.6) is 5.75 Å². The molecule has 1 aromatic carbocycles. The molecule has 0 aliphatic heterocycles. The number of hydrogen-bond acceptors (Lipinski definition) is 5. The van der Waals surface area contributed by atoms with Crippen LogP contribution in [0.25, 0.3) is 0 Å². The second-order valence-corrected chi connectivity index (χ2v) is 8.89. The molecule has 0 fully saturated rings. The average Bonchev–Trinajstić information content (AvgIpc) is 2.58. The van der Waals surface area contributed by atoms with Gasteiger partial charge in [-0.3, -0.25) is 4.79 Å². The maximum absolute atomic E-state index is 12.6. The lowest BCUT2D eigenvalue weighted by atomic mass is 10.2. The van der Waals surface area contributed by atoms with Gasteiger partial charge in [-0.25, -0.2) is 13.1 Å². The van der Waals surface area contributed by atoms with Gasteiger partial charge in [0.2, 0.25) is 15.9 Å². The van der Waals surface area contributed by atoms with E-state index in [1.807, 2.05) is 6.26 Å². The first-order valence-electron chi connectivity index (χ1n) is 7.91. The van der Waals surface area contributed by atoms with E-state index in [0.29, 0.717) is 36.1 Å². The lowest BCUT2D eigenvalue weighted by Crippen LogP contribution is -2.48. The molecule has 0 aromatic heterocycles. The predicted molar refractivity (Wildman–Crippen MR) is 104 cm³/mol. The molecule has 0 heterocycles. The zero-order chi connectivity index (χ0) is 18.9. The number of carbonyl (C=O) groups excluding carboxylic acids is 1. The highest BCUT2D eigenvalue weighted by Gasteiger charge is 2.25. The van der Waals surface area contributed by atoms with Crippen LogP contribution in [0.4, 0.5) is 0 Å². The molecule has 0 bridgehead atoms. The normalized spacial score (nSPS) is 12.6. The molecule has 1 rings (SSSR count). The summed E-state index contributed by atoms with van der Waals surface area (Å²) in [6.07, 6.45) is 2.36. The van der Waals surface area contributed by atoms with E-state index in [2.05, 4.69) is 4.72 Å². The highest BCUT2D eigenvalue weighted by atomic mass is 35.5. The van der Waals surface area contributed by atoms with E-state index in [1.165, 1.54) is 4.90 Å². The predicted octanol–water partition coefficient (Wildman–Crippen LogP) is 2.24. The molecule has 1 N–H and O–H groups in total. The lowest BCUT2D eigenvalue weighted by Gasteiger charge is -2.24. The van der Waals surface area contributed by atoms with Crippen LogP contribution < -0.4 is 9.46 Å². The van der Waals surface area contributed by atoms with Crippen LogP contribution in [0.15, 0.2) is 24.3 Å². The van der Waals surface area contributed by atoms with Crippen molar-refractivity contribution < 1.29 is 17.9 Å². The fourth-order valence-electron chi connectivity index (χ4n) is 2.00. The van der Waals surface area contributed by atoms with Crippen molar-refractivity contribution in [1.82, 2.24) is 9.62 Å². The van der Waals surface area contributed by atoms with Crippen molar-refractivity contribution in [1.29, 1.82) is 0 Å². The molecule has 6 nitrogen and oxygen atoms in total. The van der Waals surface area contributed by atoms with Crippen LogP contribution in [0, 0.1) is 0 Å². The monoisotopic (exact) mass is 408 g/mol. The maximum Gasteiger partial charge on any atom is 0.240 e. The Bertz CT molecular complexity index is 655. The van der Waals surface area contributed by atoms with Crippen molar-refractivity contribution >= 4 is 39.3 Å². The molecule has 0 saturated heterocycles. The van der Waals surface area contributed by atoms with Crippen molar-refractivity contribution in [3.63, 3.8) is 0 Å². The highest BCUT2D eigenvalue weighted by Crippen LogP contribution is 2.17. The number of thioether (sulfide) groups is 1. The van der Waals surface area contributed by atoms with Crippen LogP contribution in [0.3, 0.4) is 0 Å². The number of nitrogens with one attached hydrogen (secondary N) is 1. The van der Waals surface area contributed by atoms with E-state index in [4.69, 9.17) is 16.3 Å². The molecular weight excluding hydrogens is 384 g/mol. The molecule has 1 aromatic rings. The van der Waals surface area contributed by atoms with Crippen molar-refractivity contribution in [2.24, 2.45) is 0 Å². The molecule has 25 heavy (non-hydrogen) atoms. The molecular formula is C16H25ClN2O4S2. The Morgan fingerprint density at radius 1 is 1.44 bits per heavy atom. The van der Waals surface area contributed by atoms with Gasteiger partial charge in [-0.05, 0) is 43.6 Å². The van der Waals surface area contributed by atoms with Gasteiger partial charge in [0.1, 0.15) is 18.4 Å². The van der Waals surface area contributed by atoms with Gasteiger partial charge in [0.05, 0.1) is 12.3 Å². The van der Waals surface area contributed by atoms with Gasteiger partial charge >= 0.3 is 0 Å². The summed E-state index contributed by atoms with van der Waals surface area (Å²) in [4.78, 5) is 14.0. The number of amides is 1. The SMILES string of the molecule is CCS(=O)(=O)NC(CCSC)C(=O)N(C)CCOc1cccc(Cl)c1. The number of sulfonamides is 1. The zero-order valence-electron chi connectivity index (χ0n) is 14.7. The smallest absolute Gasteiger partial charge is 0.240 e. The Morgan fingerprint density at radius 2 is 2.16 bits per heavy atom. The summed E-state index contributed by atoms with van der Waals surface area (Å²) in [7, 11) is -1.81. The van der Waals surface area contributed by atoms with Crippen LogP contribution in [-0.4, -0.2) is 63.2 Å². The van der Waals surface area contributed by atoms with E-state index < -0.39 is 16.1 Å². The van der Waals surface area contributed by atoms with Gasteiger partial charge in [0.15, 0.2) is 0 Å². The number of rotatable bonds is 11. The summed E-state index contributed by atoms with van der Waals surface area (Å²) in [6, 6.07) is 6.25. The number of ether oxygens (including phenoxy) is 1. The van der Waals surface area contributed by atoms with Crippen LogP contribution >= 0.6 is 23.4 Å². The second-order valence-electron chi connectivity index (χ2n) is 5.42. The van der Waals surface area contributed by atoms with Crippen molar-refractivity contribution in [2.75, 3.05) is 38.0 Å². The Morgan fingerprint density at radius 3 is 2.76 bits per heavy atom. The summed E-state index contributed by atoms with van der Waals surface area (Å²) >= 11 is 7.46. The lowest BCUT2D eigenvalue weighted by molar-refractivity contribution is -0.132. The number of halogens is 1. The topological polar surface area (TPSA) is 75.7 Å². The standard InChI is InChI=1S/C16H25ClN2O4S2/c1-4-25(21,22)18-15(8-11-24-3)16(20)19(2)9-10-23-14-7-5-6-13(17)12-14/h5-7,12,15,18H,4,8-11H2,1-3H3. The van der Waals surface area contributed by atoms with E-state index in [-0.39, 0.29) is 11.7 Å². The minimum atomic E-state index is -3.45. The maximum atomic E-state index is 12.6. The first-order chi connectivity index (χ1) is 11.8. The third-order valence-corrected chi connectivity index (χ3v) is 5.76. The van der Waals surface area contributed by atoms with Gasteiger partial charge in [0.25, 0.3) is 0 Å². The molecule has 1 atom stereocenters. The molecule has 9 heteroatoms. The van der Waals surface area contributed by atoms with Crippen molar-refractivity contribution in [2.45, 2.75) is 19.4 Å². The number of likely N-dealkylation sites (N-methyl/N-ethyl adjacent to an activating group) is 1. The van der Waals surface area contributed by atoms with Gasteiger partial charge in [-0.1, -0.05) is 17.7 Å². The molecule has 1 unspecified atom stereocenters. The van der Waals surface area contributed by atoms with Crippen LogP contribution in [-0.2, 0) is 14.8 Å². The highest BCUT2D eigenvalue weighted by molar-refractivity contribution is 7.98. The Kier molecular flexibility index (Phi) is 9.63. The van der Waals surface area contributed by atoms with Crippen molar-refractivity contribution in [3.05, 3.63) is 29.3 Å². The fourth-order valence-corrected chi connectivity index (χ4v) is 3.47. The van der Waals surface area contributed by atoms with E-state index in [9.17, 15) is 13.2 Å². The molecule has 0 spiro atoms. The minimum absolute atomic E-state index is 0.0579.